The van der Waals surface area contributed by atoms with Gasteiger partial charge in [0.2, 0.25) is 10.0 Å². The van der Waals surface area contributed by atoms with Crippen molar-refractivity contribution in [2.24, 2.45) is 0 Å². The molecule has 1 unspecified atom stereocenters. The summed E-state index contributed by atoms with van der Waals surface area (Å²) >= 11 is 0. The Kier molecular flexibility index (Phi) is 4.81. The molecule has 0 fully saturated rings. The highest BCUT2D eigenvalue weighted by molar-refractivity contribution is 7.89. The third-order valence-electron chi connectivity index (χ3n) is 1.79. The highest BCUT2D eigenvalue weighted by atomic mass is 32.2. The van der Waals surface area contributed by atoms with Gasteiger partial charge >= 0.3 is 0 Å². The topological polar surface area (TPSA) is 61.2 Å². The van der Waals surface area contributed by atoms with Crippen molar-refractivity contribution >= 4 is 10.0 Å². The third kappa shape index (κ3) is 3.13. The van der Waals surface area contributed by atoms with E-state index in [-0.39, 0.29) is 6.54 Å². The second-order valence-corrected chi connectivity index (χ2v) is 5.45. The van der Waals surface area contributed by atoms with Crippen molar-refractivity contribution in [1.82, 2.24) is 4.31 Å². The molecule has 0 aromatic heterocycles. The Balaban J connectivity index is 4.86. The van der Waals surface area contributed by atoms with Gasteiger partial charge in [0, 0.05) is 13.1 Å². The van der Waals surface area contributed by atoms with Crippen LogP contribution < -0.4 is 0 Å². The Bertz CT molecular complexity index is 340. The van der Waals surface area contributed by atoms with Gasteiger partial charge in [0.25, 0.3) is 0 Å². The summed E-state index contributed by atoms with van der Waals surface area (Å²) in [6, 6.07) is 1.73. The highest BCUT2D eigenvalue weighted by Crippen LogP contribution is 2.09. The molecule has 0 saturated carbocycles. The summed E-state index contributed by atoms with van der Waals surface area (Å²) in [4.78, 5) is 0. The number of likely N-dealkylation sites (N-methyl/N-ethyl adjacent to an activating group) is 1. The normalized spacial score (nSPS) is 13.6. The van der Waals surface area contributed by atoms with E-state index < -0.39 is 15.3 Å². The maximum atomic E-state index is 11.7. The molecule has 0 amide bonds. The largest absolute Gasteiger partial charge is 0.230 e. The van der Waals surface area contributed by atoms with Crippen LogP contribution in [0.25, 0.3) is 0 Å². The first-order valence-corrected chi connectivity index (χ1v) is 5.89. The average Bonchev–Trinajstić information content (AvgIpc) is 2.12. The number of nitrogens with zero attached hydrogens (tertiary/aromatic N) is 2. The lowest BCUT2D eigenvalue weighted by atomic mass is 10.3. The molecule has 5 heteroatoms. The van der Waals surface area contributed by atoms with E-state index in [4.69, 9.17) is 5.26 Å². The standard InChI is InChI=1S/C9H16N2O2S/c1-5-11(7-8(2)3)14(12,13)9(4)6-10/h9H,2,5,7H2,1,3-4H3. The lowest BCUT2D eigenvalue weighted by molar-refractivity contribution is 0.449. The van der Waals surface area contributed by atoms with Crippen molar-refractivity contribution in [1.29, 1.82) is 5.26 Å². The predicted molar refractivity (Wildman–Crippen MR) is 56.1 cm³/mol. The molecule has 4 nitrogen and oxygen atoms in total. The number of rotatable bonds is 5. The SMILES string of the molecule is C=C(C)CN(CC)S(=O)(=O)C(C)C#N. The highest BCUT2D eigenvalue weighted by Gasteiger charge is 2.27. The number of sulfonamides is 1. The zero-order valence-electron chi connectivity index (χ0n) is 8.82. The molecule has 80 valence electrons. The average molecular weight is 216 g/mol. The molecule has 14 heavy (non-hydrogen) atoms. The summed E-state index contributed by atoms with van der Waals surface area (Å²) < 4.78 is 24.6. The predicted octanol–water partition coefficient (Wildman–Crippen LogP) is 1.13. The van der Waals surface area contributed by atoms with Gasteiger partial charge in [-0.15, -0.1) is 0 Å². The summed E-state index contributed by atoms with van der Waals surface area (Å²) in [5.41, 5.74) is 0.764. The maximum Gasteiger partial charge on any atom is 0.230 e. The van der Waals surface area contributed by atoms with Crippen LogP contribution in [-0.2, 0) is 10.0 Å². The van der Waals surface area contributed by atoms with Crippen LogP contribution in [0.1, 0.15) is 20.8 Å². The Morgan fingerprint density at radius 1 is 1.64 bits per heavy atom. The minimum Gasteiger partial charge on any atom is -0.211 e. The zero-order chi connectivity index (χ0) is 11.4. The van der Waals surface area contributed by atoms with Crippen LogP contribution in [0.15, 0.2) is 12.2 Å². The van der Waals surface area contributed by atoms with Crippen LogP contribution in [0.5, 0.6) is 0 Å². The second kappa shape index (κ2) is 5.13. The minimum absolute atomic E-state index is 0.283. The smallest absolute Gasteiger partial charge is 0.211 e. The van der Waals surface area contributed by atoms with Crippen molar-refractivity contribution in [2.45, 2.75) is 26.0 Å². The van der Waals surface area contributed by atoms with E-state index in [1.165, 1.54) is 11.2 Å². The molecule has 0 rings (SSSR count). The number of hydrogen-bond acceptors (Lipinski definition) is 3. The van der Waals surface area contributed by atoms with Crippen molar-refractivity contribution in [3.8, 4) is 6.07 Å². The van der Waals surface area contributed by atoms with Crippen molar-refractivity contribution < 1.29 is 8.42 Å². The fourth-order valence-electron chi connectivity index (χ4n) is 0.973. The third-order valence-corrected chi connectivity index (χ3v) is 3.89. The zero-order valence-corrected chi connectivity index (χ0v) is 9.63. The van der Waals surface area contributed by atoms with Crippen molar-refractivity contribution in [3.63, 3.8) is 0 Å². The fourth-order valence-corrected chi connectivity index (χ4v) is 2.31. The molecule has 0 aromatic carbocycles. The summed E-state index contributed by atoms with van der Waals surface area (Å²) in [5.74, 6) is 0. The van der Waals surface area contributed by atoms with E-state index in [0.29, 0.717) is 6.54 Å². The molecule has 1 atom stereocenters. The molecule has 0 radical (unpaired) electrons. The maximum absolute atomic E-state index is 11.7. The summed E-state index contributed by atoms with van der Waals surface area (Å²) in [6.45, 7) is 9.18. The van der Waals surface area contributed by atoms with Crippen LogP contribution in [0.2, 0.25) is 0 Å². The van der Waals surface area contributed by atoms with Crippen LogP contribution in [0.3, 0.4) is 0 Å². The monoisotopic (exact) mass is 216 g/mol. The van der Waals surface area contributed by atoms with Gasteiger partial charge in [-0.1, -0.05) is 19.1 Å². The van der Waals surface area contributed by atoms with Crippen LogP contribution in [-0.4, -0.2) is 31.1 Å². The molecule has 0 aliphatic rings. The van der Waals surface area contributed by atoms with Crippen molar-refractivity contribution in [2.75, 3.05) is 13.1 Å². The number of nitriles is 1. The van der Waals surface area contributed by atoms with E-state index in [9.17, 15) is 8.42 Å². The van der Waals surface area contributed by atoms with E-state index in [1.807, 2.05) is 0 Å². The van der Waals surface area contributed by atoms with E-state index >= 15 is 0 Å². The van der Waals surface area contributed by atoms with Gasteiger partial charge in [-0.3, -0.25) is 0 Å². The Labute approximate surface area is 85.9 Å². The van der Waals surface area contributed by atoms with Gasteiger partial charge in [-0.2, -0.15) is 9.57 Å². The van der Waals surface area contributed by atoms with Gasteiger partial charge in [-0.25, -0.2) is 8.42 Å². The second-order valence-electron chi connectivity index (χ2n) is 3.20. The Morgan fingerprint density at radius 3 is 2.43 bits per heavy atom. The molecular formula is C9H16N2O2S. The molecule has 0 aromatic rings. The number of hydrogen-bond donors (Lipinski definition) is 0. The molecule has 0 aliphatic heterocycles. The molecule has 0 bridgehead atoms. The van der Waals surface area contributed by atoms with Gasteiger partial charge in [0.1, 0.15) is 0 Å². The summed E-state index contributed by atoms with van der Waals surface area (Å²) in [7, 11) is -3.48. The van der Waals surface area contributed by atoms with Gasteiger partial charge < -0.3 is 0 Å². The van der Waals surface area contributed by atoms with Gasteiger partial charge in [0.05, 0.1) is 6.07 Å². The van der Waals surface area contributed by atoms with Crippen LogP contribution in [0.4, 0.5) is 0 Å². The lowest BCUT2D eigenvalue weighted by Gasteiger charge is -2.21. The summed E-state index contributed by atoms with van der Waals surface area (Å²) in [6.07, 6.45) is 0. The molecule has 0 aliphatic carbocycles. The molecule has 0 spiro atoms. The van der Waals surface area contributed by atoms with E-state index in [0.717, 1.165) is 5.57 Å². The van der Waals surface area contributed by atoms with Crippen molar-refractivity contribution in [3.05, 3.63) is 12.2 Å². The van der Waals surface area contributed by atoms with Crippen LogP contribution in [0, 0.1) is 11.3 Å². The van der Waals surface area contributed by atoms with E-state index in [1.54, 1.807) is 19.9 Å². The Morgan fingerprint density at radius 2 is 2.14 bits per heavy atom. The quantitative estimate of drug-likeness (QED) is 0.647. The lowest BCUT2D eigenvalue weighted by Crippen LogP contribution is -2.37. The van der Waals surface area contributed by atoms with E-state index in [2.05, 4.69) is 6.58 Å². The Hall–Kier alpha value is -0.860. The first kappa shape index (κ1) is 13.1. The minimum atomic E-state index is -3.48. The first-order chi connectivity index (χ1) is 6.36. The molecule has 0 heterocycles. The molecule has 0 N–H and O–H groups in total. The van der Waals surface area contributed by atoms with Crippen LogP contribution >= 0.6 is 0 Å². The fraction of sp³-hybridized carbons (Fsp3) is 0.667. The van der Waals surface area contributed by atoms with Gasteiger partial charge in [0.15, 0.2) is 5.25 Å². The first-order valence-electron chi connectivity index (χ1n) is 4.39. The summed E-state index contributed by atoms with van der Waals surface area (Å²) in [5, 5.41) is 7.57. The molecular weight excluding hydrogens is 200 g/mol. The molecule has 0 saturated heterocycles. The van der Waals surface area contributed by atoms with Gasteiger partial charge in [-0.05, 0) is 13.8 Å².